The van der Waals surface area contributed by atoms with Crippen molar-refractivity contribution < 1.29 is 4.79 Å². The Morgan fingerprint density at radius 1 is 1.13 bits per heavy atom. The van der Waals surface area contributed by atoms with E-state index in [9.17, 15) is 4.79 Å². The van der Waals surface area contributed by atoms with E-state index in [0.717, 1.165) is 22.5 Å². The lowest BCUT2D eigenvalue weighted by molar-refractivity contribution is -0.116. The molecule has 1 amide bonds. The highest BCUT2D eigenvalue weighted by molar-refractivity contribution is 5.90. The molecular weight excluding hydrogens is 378 g/mol. The Labute approximate surface area is 173 Å². The second-order valence-electron chi connectivity index (χ2n) is 6.88. The fraction of sp³-hybridized carbons (Fsp3) is 0.182. The second-order valence-corrected chi connectivity index (χ2v) is 6.88. The summed E-state index contributed by atoms with van der Waals surface area (Å²) in [5.74, 6) is 0.471. The van der Waals surface area contributed by atoms with Crippen molar-refractivity contribution in [1.29, 1.82) is 5.26 Å². The number of carbonyl (C=O) groups excluding carboxylic acids is 1. The van der Waals surface area contributed by atoms with E-state index in [0.29, 0.717) is 29.1 Å². The number of rotatable bonds is 5. The molecule has 0 spiro atoms. The molecule has 8 nitrogen and oxygen atoms in total. The van der Waals surface area contributed by atoms with Gasteiger partial charge in [0.2, 0.25) is 5.91 Å². The number of nitrogens with zero attached hydrogens (tertiary/aromatic N) is 6. The minimum absolute atomic E-state index is 0.136. The van der Waals surface area contributed by atoms with Gasteiger partial charge in [-0.1, -0.05) is 30.3 Å². The molecule has 0 saturated heterocycles. The molecule has 3 heterocycles. The SMILES string of the molecule is Cc1nc2c(C#N)cnn2c(C)c1CCC(=O)Nc1cnc(-c2ccccc2)nc1. The highest BCUT2D eigenvalue weighted by atomic mass is 16.1. The van der Waals surface area contributed by atoms with Gasteiger partial charge in [-0.25, -0.2) is 19.5 Å². The summed E-state index contributed by atoms with van der Waals surface area (Å²) in [6.45, 7) is 3.80. The molecule has 30 heavy (non-hydrogen) atoms. The average molecular weight is 397 g/mol. The van der Waals surface area contributed by atoms with Crippen LogP contribution in [0.5, 0.6) is 0 Å². The molecule has 0 aliphatic carbocycles. The zero-order valence-electron chi connectivity index (χ0n) is 16.6. The van der Waals surface area contributed by atoms with Crippen molar-refractivity contribution >= 4 is 17.2 Å². The monoisotopic (exact) mass is 397 g/mol. The molecule has 4 aromatic rings. The van der Waals surface area contributed by atoms with E-state index >= 15 is 0 Å². The smallest absolute Gasteiger partial charge is 0.224 e. The highest BCUT2D eigenvalue weighted by Gasteiger charge is 2.15. The van der Waals surface area contributed by atoms with Crippen LogP contribution < -0.4 is 5.32 Å². The van der Waals surface area contributed by atoms with Gasteiger partial charge in [0.15, 0.2) is 11.5 Å². The molecule has 0 aliphatic rings. The molecule has 1 N–H and O–H groups in total. The zero-order chi connectivity index (χ0) is 21.1. The minimum Gasteiger partial charge on any atom is -0.323 e. The maximum atomic E-state index is 12.4. The standard InChI is InChI=1S/C22H19N7O/c1-14-19(15(2)29-22(27-14)17(10-23)11-26-29)8-9-20(30)28-18-12-24-21(25-13-18)16-6-4-3-5-7-16/h3-7,11-13H,8-9H2,1-2H3,(H,28,30). The summed E-state index contributed by atoms with van der Waals surface area (Å²) < 4.78 is 1.65. The van der Waals surface area contributed by atoms with Gasteiger partial charge in [-0.3, -0.25) is 4.79 Å². The Bertz CT molecular complexity index is 1250. The van der Waals surface area contributed by atoms with Crippen LogP contribution in [-0.2, 0) is 11.2 Å². The van der Waals surface area contributed by atoms with E-state index in [2.05, 4.69) is 31.4 Å². The van der Waals surface area contributed by atoms with Crippen molar-refractivity contribution in [3.05, 3.63) is 71.4 Å². The second kappa shape index (κ2) is 8.09. The lowest BCUT2D eigenvalue weighted by atomic mass is 10.1. The Balaban J connectivity index is 1.43. The predicted octanol–water partition coefficient (Wildman–Crippen LogP) is 3.25. The van der Waals surface area contributed by atoms with Crippen LogP contribution in [0.25, 0.3) is 17.0 Å². The molecule has 8 heteroatoms. The number of nitriles is 1. The van der Waals surface area contributed by atoms with E-state index in [1.54, 1.807) is 16.9 Å². The van der Waals surface area contributed by atoms with Crippen LogP contribution in [0.2, 0.25) is 0 Å². The van der Waals surface area contributed by atoms with Crippen LogP contribution in [0.4, 0.5) is 5.69 Å². The topological polar surface area (TPSA) is 109 Å². The molecule has 1 aromatic carbocycles. The van der Waals surface area contributed by atoms with Gasteiger partial charge in [0.1, 0.15) is 11.6 Å². The summed E-state index contributed by atoms with van der Waals surface area (Å²) in [5.41, 5.74) is 5.05. The first-order chi connectivity index (χ1) is 14.6. The van der Waals surface area contributed by atoms with Crippen LogP contribution in [0, 0.1) is 25.2 Å². The van der Waals surface area contributed by atoms with E-state index < -0.39 is 0 Å². The summed E-state index contributed by atoms with van der Waals surface area (Å²) in [6.07, 6.45) is 5.50. The van der Waals surface area contributed by atoms with Gasteiger partial charge in [-0.05, 0) is 25.8 Å². The number of amides is 1. The number of benzene rings is 1. The van der Waals surface area contributed by atoms with Crippen LogP contribution in [0.15, 0.2) is 48.9 Å². The summed E-state index contributed by atoms with van der Waals surface area (Å²) in [6, 6.07) is 11.7. The number of anilines is 1. The van der Waals surface area contributed by atoms with E-state index in [-0.39, 0.29) is 12.3 Å². The fourth-order valence-electron chi connectivity index (χ4n) is 3.34. The van der Waals surface area contributed by atoms with Gasteiger partial charge in [0.05, 0.1) is 24.3 Å². The number of nitrogens with one attached hydrogen (secondary N) is 1. The van der Waals surface area contributed by atoms with Crippen LogP contribution in [-0.4, -0.2) is 30.5 Å². The molecule has 0 saturated carbocycles. The summed E-state index contributed by atoms with van der Waals surface area (Å²) in [5, 5.41) is 16.2. The molecule has 0 atom stereocenters. The summed E-state index contributed by atoms with van der Waals surface area (Å²) in [7, 11) is 0. The molecule has 3 aromatic heterocycles. The van der Waals surface area contributed by atoms with Gasteiger partial charge in [0.25, 0.3) is 0 Å². The van der Waals surface area contributed by atoms with Gasteiger partial charge >= 0.3 is 0 Å². The third-order valence-corrected chi connectivity index (χ3v) is 4.90. The first-order valence-corrected chi connectivity index (χ1v) is 9.48. The molecular formula is C22H19N7O. The predicted molar refractivity (Wildman–Crippen MR) is 112 cm³/mol. The first kappa shape index (κ1) is 19.2. The van der Waals surface area contributed by atoms with Crippen molar-refractivity contribution in [3.8, 4) is 17.5 Å². The van der Waals surface area contributed by atoms with Crippen molar-refractivity contribution in [3.63, 3.8) is 0 Å². The minimum atomic E-state index is -0.136. The first-order valence-electron chi connectivity index (χ1n) is 9.48. The molecule has 0 unspecified atom stereocenters. The Morgan fingerprint density at radius 3 is 2.57 bits per heavy atom. The summed E-state index contributed by atoms with van der Waals surface area (Å²) >= 11 is 0. The molecule has 4 rings (SSSR count). The number of carbonyl (C=O) groups is 1. The van der Waals surface area contributed by atoms with Gasteiger partial charge in [-0.2, -0.15) is 10.4 Å². The van der Waals surface area contributed by atoms with Crippen LogP contribution in [0.3, 0.4) is 0 Å². The Kier molecular flexibility index (Phi) is 5.18. The largest absolute Gasteiger partial charge is 0.323 e. The van der Waals surface area contributed by atoms with Crippen LogP contribution in [0.1, 0.15) is 28.9 Å². The molecule has 0 bridgehead atoms. The molecule has 0 aliphatic heterocycles. The molecule has 0 fully saturated rings. The highest BCUT2D eigenvalue weighted by Crippen LogP contribution is 2.19. The normalized spacial score (nSPS) is 10.7. The van der Waals surface area contributed by atoms with Crippen molar-refractivity contribution in [1.82, 2.24) is 24.6 Å². The number of hydrogen-bond donors (Lipinski definition) is 1. The molecule has 0 radical (unpaired) electrons. The fourth-order valence-corrected chi connectivity index (χ4v) is 3.34. The maximum absolute atomic E-state index is 12.4. The van der Waals surface area contributed by atoms with Crippen molar-refractivity contribution in [2.24, 2.45) is 0 Å². The third kappa shape index (κ3) is 3.73. The average Bonchev–Trinajstić information content (AvgIpc) is 3.17. The third-order valence-electron chi connectivity index (χ3n) is 4.90. The Hall–Kier alpha value is -4.12. The lowest BCUT2D eigenvalue weighted by Gasteiger charge is -2.11. The number of aromatic nitrogens is 5. The van der Waals surface area contributed by atoms with E-state index in [1.807, 2.05) is 44.2 Å². The maximum Gasteiger partial charge on any atom is 0.224 e. The van der Waals surface area contributed by atoms with Gasteiger partial charge < -0.3 is 5.32 Å². The van der Waals surface area contributed by atoms with Crippen LogP contribution >= 0.6 is 0 Å². The van der Waals surface area contributed by atoms with Gasteiger partial charge in [0, 0.05) is 23.4 Å². The summed E-state index contributed by atoms with van der Waals surface area (Å²) in [4.78, 5) is 25.6. The quantitative estimate of drug-likeness (QED) is 0.554. The molecule has 148 valence electrons. The van der Waals surface area contributed by atoms with Gasteiger partial charge in [-0.15, -0.1) is 0 Å². The zero-order valence-corrected chi connectivity index (χ0v) is 16.6. The van der Waals surface area contributed by atoms with E-state index in [4.69, 9.17) is 5.26 Å². The van der Waals surface area contributed by atoms with E-state index in [1.165, 1.54) is 6.20 Å². The number of fused-ring (bicyclic) bond motifs is 1. The number of aryl methyl sites for hydroxylation is 2. The number of hydrogen-bond acceptors (Lipinski definition) is 6. The Morgan fingerprint density at radius 2 is 1.87 bits per heavy atom. The lowest BCUT2D eigenvalue weighted by Crippen LogP contribution is -2.14. The van der Waals surface area contributed by atoms with Crippen molar-refractivity contribution in [2.75, 3.05) is 5.32 Å². The van der Waals surface area contributed by atoms with Crippen molar-refractivity contribution in [2.45, 2.75) is 26.7 Å².